The number of carbonyl (C=O) groups is 2. The SMILES string of the molecule is CC1CCCC(CNC2CCC(=O)N(C)C2=O)C1. The highest BCUT2D eigenvalue weighted by Gasteiger charge is 2.32. The van der Waals surface area contributed by atoms with Crippen molar-refractivity contribution in [1.29, 1.82) is 0 Å². The molecule has 0 spiro atoms. The summed E-state index contributed by atoms with van der Waals surface area (Å²) >= 11 is 0. The average Bonchev–Trinajstić information content (AvgIpc) is 2.35. The van der Waals surface area contributed by atoms with Crippen LogP contribution in [0.15, 0.2) is 0 Å². The number of hydrogen-bond acceptors (Lipinski definition) is 3. The number of nitrogens with one attached hydrogen (secondary N) is 1. The van der Waals surface area contributed by atoms with Gasteiger partial charge in [-0.3, -0.25) is 14.5 Å². The van der Waals surface area contributed by atoms with E-state index in [0.717, 1.165) is 12.5 Å². The quantitative estimate of drug-likeness (QED) is 0.775. The predicted molar refractivity (Wildman–Crippen MR) is 69.9 cm³/mol. The molecule has 1 saturated heterocycles. The van der Waals surface area contributed by atoms with Gasteiger partial charge in [0.25, 0.3) is 0 Å². The minimum atomic E-state index is -0.148. The molecule has 0 radical (unpaired) electrons. The Labute approximate surface area is 109 Å². The Balaban J connectivity index is 1.79. The highest BCUT2D eigenvalue weighted by molar-refractivity contribution is 6.00. The Morgan fingerprint density at radius 3 is 2.78 bits per heavy atom. The Kier molecular flexibility index (Phi) is 4.38. The van der Waals surface area contributed by atoms with Crippen molar-refractivity contribution in [2.75, 3.05) is 13.6 Å². The second-order valence-electron chi connectivity index (χ2n) is 5.93. The third-order valence-electron chi connectivity index (χ3n) is 4.35. The smallest absolute Gasteiger partial charge is 0.246 e. The molecule has 4 heteroatoms. The molecular formula is C14H24N2O2. The lowest BCUT2D eigenvalue weighted by Gasteiger charge is -2.31. The van der Waals surface area contributed by atoms with E-state index in [9.17, 15) is 9.59 Å². The molecule has 2 amide bonds. The van der Waals surface area contributed by atoms with Crippen molar-refractivity contribution >= 4 is 11.8 Å². The van der Waals surface area contributed by atoms with Crippen LogP contribution >= 0.6 is 0 Å². The third kappa shape index (κ3) is 3.10. The fourth-order valence-electron chi connectivity index (χ4n) is 3.16. The van der Waals surface area contributed by atoms with Crippen LogP contribution in [0.5, 0.6) is 0 Å². The lowest BCUT2D eigenvalue weighted by atomic mass is 9.82. The zero-order valence-electron chi connectivity index (χ0n) is 11.4. The van der Waals surface area contributed by atoms with Crippen LogP contribution < -0.4 is 5.32 Å². The van der Waals surface area contributed by atoms with Crippen LogP contribution in [-0.4, -0.2) is 36.3 Å². The molecule has 0 aromatic heterocycles. The molecule has 2 aliphatic rings. The number of piperidine rings is 1. The highest BCUT2D eigenvalue weighted by atomic mass is 16.2. The lowest BCUT2D eigenvalue weighted by Crippen LogP contribution is -2.52. The van der Waals surface area contributed by atoms with Crippen molar-refractivity contribution in [3.8, 4) is 0 Å². The summed E-state index contributed by atoms with van der Waals surface area (Å²) in [7, 11) is 1.58. The Morgan fingerprint density at radius 2 is 2.06 bits per heavy atom. The Morgan fingerprint density at radius 1 is 1.28 bits per heavy atom. The first-order chi connectivity index (χ1) is 8.58. The van der Waals surface area contributed by atoms with Crippen molar-refractivity contribution in [2.45, 2.75) is 51.5 Å². The maximum Gasteiger partial charge on any atom is 0.246 e. The fraction of sp³-hybridized carbons (Fsp3) is 0.857. The van der Waals surface area contributed by atoms with Gasteiger partial charge in [-0.15, -0.1) is 0 Å². The van der Waals surface area contributed by atoms with E-state index >= 15 is 0 Å². The number of hydrogen-bond donors (Lipinski definition) is 1. The Hall–Kier alpha value is -0.900. The lowest BCUT2D eigenvalue weighted by molar-refractivity contribution is -0.148. The molecule has 2 rings (SSSR count). The second kappa shape index (κ2) is 5.83. The minimum absolute atomic E-state index is 0.0515. The fourth-order valence-corrected chi connectivity index (χ4v) is 3.16. The molecule has 1 N–H and O–H groups in total. The molecule has 3 atom stereocenters. The van der Waals surface area contributed by atoms with Gasteiger partial charge in [-0.05, 0) is 37.6 Å². The van der Waals surface area contributed by atoms with Gasteiger partial charge in [0.2, 0.25) is 11.8 Å². The largest absolute Gasteiger partial charge is 0.306 e. The monoisotopic (exact) mass is 252 g/mol. The van der Waals surface area contributed by atoms with Gasteiger partial charge in [0.1, 0.15) is 0 Å². The summed E-state index contributed by atoms with van der Waals surface area (Å²) in [5.41, 5.74) is 0. The van der Waals surface area contributed by atoms with Gasteiger partial charge in [-0.25, -0.2) is 0 Å². The maximum atomic E-state index is 11.9. The summed E-state index contributed by atoms with van der Waals surface area (Å²) < 4.78 is 0. The summed E-state index contributed by atoms with van der Waals surface area (Å²) in [5.74, 6) is 1.40. The number of likely N-dealkylation sites (N-methyl/N-ethyl adjacent to an activating group) is 1. The molecule has 3 unspecified atom stereocenters. The Bertz CT molecular complexity index is 330. The van der Waals surface area contributed by atoms with Crippen LogP contribution in [0.1, 0.15) is 45.4 Å². The van der Waals surface area contributed by atoms with E-state index in [1.54, 1.807) is 7.05 Å². The third-order valence-corrected chi connectivity index (χ3v) is 4.35. The molecule has 0 aromatic carbocycles. The number of nitrogens with zero attached hydrogens (tertiary/aromatic N) is 1. The standard InChI is InChI=1S/C14H24N2O2/c1-10-4-3-5-11(8-10)9-15-12-6-7-13(17)16(2)14(12)18/h10-12,15H,3-9H2,1-2H3. The van der Waals surface area contributed by atoms with E-state index in [0.29, 0.717) is 18.8 Å². The van der Waals surface area contributed by atoms with Crippen LogP contribution in [0, 0.1) is 11.8 Å². The molecule has 18 heavy (non-hydrogen) atoms. The number of imide groups is 1. The van der Waals surface area contributed by atoms with Crippen LogP contribution in [0.4, 0.5) is 0 Å². The van der Waals surface area contributed by atoms with Gasteiger partial charge in [0.05, 0.1) is 6.04 Å². The highest BCUT2D eigenvalue weighted by Crippen LogP contribution is 2.28. The van der Waals surface area contributed by atoms with Gasteiger partial charge in [0.15, 0.2) is 0 Å². The van der Waals surface area contributed by atoms with Crippen LogP contribution in [-0.2, 0) is 9.59 Å². The molecule has 1 aliphatic heterocycles. The van der Waals surface area contributed by atoms with Crippen LogP contribution in [0.3, 0.4) is 0 Å². The van der Waals surface area contributed by atoms with Crippen LogP contribution in [0.2, 0.25) is 0 Å². The van der Waals surface area contributed by atoms with E-state index in [1.165, 1.54) is 30.6 Å². The molecule has 1 saturated carbocycles. The molecule has 1 heterocycles. The van der Waals surface area contributed by atoms with Crippen LogP contribution in [0.25, 0.3) is 0 Å². The molecular weight excluding hydrogens is 228 g/mol. The van der Waals surface area contributed by atoms with Gasteiger partial charge in [-0.2, -0.15) is 0 Å². The van der Waals surface area contributed by atoms with Gasteiger partial charge < -0.3 is 5.32 Å². The van der Waals surface area contributed by atoms with Crippen molar-refractivity contribution < 1.29 is 9.59 Å². The van der Waals surface area contributed by atoms with E-state index in [2.05, 4.69) is 12.2 Å². The first-order valence-corrected chi connectivity index (χ1v) is 7.11. The second-order valence-corrected chi connectivity index (χ2v) is 5.93. The first-order valence-electron chi connectivity index (χ1n) is 7.11. The molecule has 0 aromatic rings. The number of rotatable bonds is 3. The van der Waals surface area contributed by atoms with Crippen molar-refractivity contribution in [2.24, 2.45) is 11.8 Å². The zero-order valence-corrected chi connectivity index (χ0v) is 11.4. The minimum Gasteiger partial charge on any atom is -0.306 e. The van der Waals surface area contributed by atoms with Crippen molar-refractivity contribution in [3.05, 3.63) is 0 Å². The zero-order chi connectivity index (χ0) is 13.1. The first kappa shape index (κ1) is 13.5. The van der Waals surface area contributed by atoms with E-state index in [-0.39, 0.29) is 17.9 Å². The normalized spacial score (nSPS) is 33.9. The summed E-state index contributed by atoms with van der Waals surface area (Å²) in [5, 5.41) is 3.37. The molecule has 1 aliphatic carbocycles. The van der Waals surface area contributed by atoms with Gasteiger partial charge >= 0.3 is 0 Å². The summed E-state index contributed by atoms with van der Waals surface area (Å²) in [6, 6.07) is -0.148. The molecule has 102 valence electrons. The summed E-state index contributed by atoms with van der Waals surface area (Å²) in [6.07, 6.45) is 6.33. The maximum absolute atomic E-state index is 11.9. The van der Waals surface area contributed by atoms with Gasteiger partial charge in [-0.1, -0.05) is 19.8 Å². The van der Waals surface area contributed by atoms with Crippen molar-refractivity contribution in [1.82, 2.24) is 10.2 Å². The summed E-state index contributed by atoms with van der Waals surface area (Å²) in [6.45, 7) is 3.23. The molecule has 0 bridgehead atoms. The predicted octanol–water partition coefficient (Wildman–Crippen LogP) is 1.55. The molecule has 4 nitrogen and oxygen atoms in total. The molecule has 2 fully saturated rings. The van der Waals surface area contributed by atoms with E-state index < -0.39 is 0 Å². The number of amides is 2. The van der Waals surface area contributed by atoms with Gasteiger partial charge in [0, 0.05) is 13.5 Å². The average molecular weight is 252 g/mol. The van der Waals surface area contributed by atoms with E-state index in [1.807, 2.05) is 0 Å². The van der Waals surface area contributed by atoms with E-state index in [4.69, 9.17) is 0 Å². The van der Waals surface area contributed by atoms with Crippen molar-refractivity contribution in [3.63, 3.8) is 0 Å². The topological polar surface area (TPSA) is 49.4 Å². The number of likely N-dealkylation sites (tertiary alicyclic amines) is 1. The summed E-state index contributed by atoms with van der Waals surface area (Å²) in [4.78, 5) is 24.6. The number of carbonyl (C=O) groups excluding carboxylic acids is 2.